The van der Waals surface area contributed by atoms with Gasteiger partial charge in [0.2, 0.25) is 0 Å². The molecule has 0 spiro atoms. The fourth-order valence-electron chi connectivity index (χ4n) is 5.39. The van der Waals surface area contributed by atoms with E-state index in [-0.39, 0.29) is 10.6 Å². The average Bonchev–Trinajstić information content (AvgIpc) is 2.95. The number of rotatable bonds is 7. The van der Waals surface area contributed by atoms with Gasteiger partial charge in [-0.15, -0.1) is 0 Å². The number of hydrogen-bond donors (Lipinski definition) is 1. The summed E-state index contributed by atoms with van der Waals surface area (Å²) in [4.78, 5) is 16.6. The van der Waals surface area contributed by atoms with E-state index in [1.165, 1.54) is 30.4 Å². The van der Waals surface area contributed by atoms with Crippen LogP contribution in [0.3, 0.4) is 0 Å². The molecule has 1 aromatic heterocycles. The molecule has 0 saturated heterocycles. The minimum absolute atomic E-state index is 0.156. The first kappa shape index (κ1) is 26.1. The van der Waals surface area contributed by atoms with Crippen molar-refractivity contribution in [2.45, 2.75) is 70.5 Å². The minimum atomic E-state index is -0.772. The fourth-order valence-corrected chi connectivity index (χ4v) is 5.55. The molecular formula is C32H33NO4S. The van der Waals surface area contributed by atoms with Crippen LogP contribution in [0.15, 0.2) is 72.8 Å². The van der Waals surface area contributed by atoms with Crippen LogP contribution in [0.1, 0.15) is 91.7 Å². The lowest BCUT2D eigenvalue weighted by atomic mass is 9.77. The lowest BCUT2D eigenvalue weighted by Crippen LogP contribution is -2.29. The largest absolute Gasteiger partial charge is 0.506 e. The molecule has 1 atom stereocenters. The molecule has 1 aliphatic heterocycles. The van der Waals surface area contributed by atoms with Crippen LogP contribution in [-0.2, 0) is 16.1 Å². The predicted molar refractivity (Wildman–Crippen MR) is 152 cm³/mol. The van der Waals surface area contributed by atoms with Crippen LogP contribution < -0.4 is 4.74 Å². The van der Waals surface area contributed by atoms with Crippen molar-refractivity contribution < 1.29 is 19.4 Å². The first-order valence-corrected chi connectivity index (χ1v) is 13.8. The van der Waals surface area contributed by atoms with Crippen LogP contribution in [0.25, 0.3) is 5.57 Å². The Morgan fingerprint density at radius 1 is 1.08 bits per heavy atom. The van der Waals surface area contributed by atoms with E-state index in [1.807, 2.05) is 36.4 Å². The molecule has 2 aliphatic rings. The number of benzene rings is 2. The Morgan fingerprint density at radius 2 is 1.84 bits per heavy atom. The Labute approximate surface area is 229 Å². The normalized spacial score (nSPS) is 18.6. The topological polar surface area (TPSA) is 68.7 Å². The third-order valence-electron chi connectivity index (χ3n) is 7.53. The molecule has 3 aromatic rings. The highest BCUT2D eigenvalue weighted by atomic mass is 32.1. The van der Waals surface area contributed by atoms with Gasteiger partial charge in [0.05, 0.1) is 0 Å². The number of aromatic nitrogens is 1. The van der Waals surface area contributed by atoms with E-state index in [9.17, 15) is 9.90 Å². The van der Waals surface area contributed by atoms with Gasteiger partial charge in [0.25, 0.3) is 0 Å². The van der Waals surface area contributed by atoms with Crippen LogP contribution in [0.4, 0.5) is 0 Å². The van der Waals surface area contributed by atoms with Gasteiger partial charge in [-0.05, 0) is 65.1 Å². The summed E-state index contributed by atoms with van der Waals surface area (Å²) in [6, 6.07) is 17.8. The molecule has 5 rings (SSSR count). The molecule has 6 heteroatoms. The molecular weight excluding hydrogens is 494 g/mol. The number of aliphatic hydroxyl groups is 1. The van der Waals surface area contributed by atoms with Crippen molar-refractivity contribution in [3.8, 4) is 5.75 Å². The number of carbonyl (C=O) groups is 1. The van der Waals surface area contributed by atoms with Gasteiger partial charge in [0, 0.05) is 23.5 Å². The molecule has 196 valence electrons. The minimum Gasteiger partial charge on any atom is -0.506 e. The number of cyclic esters (lactones) is 1. The van der Waals surface area contributed by atoms with E-state index >= 15 is 0 Å². The van der Waals surface area contributed by atoms with Crippen molar-refractivity contribution in [2.24, 2.45) is 0 Å². The van der Waals surface area contributed by atoms with E-state index in [0.717, 1.165) is 29.5 Å². The molecule has 5 nitrogen and oxygen atoms in total. The first-order chi connectivity index (χ1) is 18.4. The molecule has 1 fully saturated rings. The highest BCUT2D eigenvalue weighted by Gasteiger charge is 2.37. The third kappa shape index (κ3) is 5.51. The van der Waals surface area contributed by atoms with Crippen molar-refractivity contribution >= 4 is 28.6 Å². The predicted octanol–water partition coefficient (Wildman–Crippen LogP) is 7.77. The van der Waals surface area contributed by atoms with Gasteiger partial charge < -0.3 is 14.6 Å². The van der Waals surface area contributed by atoms with Crippen LogP contribution in [0, 0.1) is 0 Å². The molecule has 2 heterocycles. The van der Waals surface area contributed by atoms with Gasteiger partial charge in [-0.2, -0.15) is 0 Å². The summed E-state index contributed by atoms with van der Waals surface area (Å²) in [6.07, 6.45) is 8.59. The number of esters is 1. The van der Waals surface area contributed by atoms with E-state index in [1.54, 1.807) is 12.4 Å². The second-order valence-electron chi connectivity index (χ2n) is 10.4. The SMILES string of the molecule is CC(C)c1ccc(C2CCCCC2)c(C2=C(O)C(=S)C(=O)OC2c2ccc(OCc3cccnc3)cc2)c1. The molecule has 38 heavy (non-hydrogen) atoms. The lowest BCUT2D eigenvalue weighted by Gasteiger charge is -2.31. The summed E-state index contributed by atoms with van der Waals surface area (Å²) in [5.41, 5.74) is 5.58. The maximum Gasteiger partial charge on any atom is 0.353 e. The molecule has 1 N–H and O–H groups in total. The number of pyridine rings is 1. The number of ether oxygens (including phenoxy) is 2. The summed E-state index contributed by atoms with van der Waals surface area (Å²) >= 11 is 5.31. The summed E-state index contributed by atoms with van der Waals surface area (Å²) in [6.45, 7) is 4.71. The Hall–Kier alpha value is -3.51. The van der Waals surface area contributed by atoms with E-state index in [0.29, 0.717) is 29.8 Å². The van der Waals surface area contributed by atoms with Crippen molar-refractivity contribution in [2.75, 3.05) is 0 Å². The molecule has 1 aliphatic carbocycles. The Morgan fingerprint density at radius 3 is 2.53 bits per heavy atom. The maximum absolute atomic E-state index is 12.7. The van der Waals surface area contributed by atoms with Crippen LogP contribution in [0.2, 0.25) is 0 Å². The number of carbonyl (C=O) groups excluding carboxylic acids is 1. The monoisotopic (exact) mass is 527 g/mol. The fraction of sp³-hybridized carbons (Fsp3) is 0.344. The van der Waals surface area contributed by atoms with Crippen LogP contribution in [0.5, 0.6) is 5.75 Å². The molecule has 1 unspecified atom stereocenters. The van der Waals surface area contributed by atoms with Gasteiger partial charge in [0.1, 0.15) is 18.1 Å². The van der Waals surface area contributed by atoms with Crippen molar-refractivity contribution in [3.05, 3.63) is 101 Å². The van der Waals surface area contributed by atoms with Crippen LogP contribution in [-0.4, -0.2) is 20.9 Å². The zero-order chi connectivity index (χ0) is 26.6. The van der Waals surface area contributed by atoms with E-state index in [4.69, 9.17) is 21.7 Å². The number of aliphatic hydroxyl groups excluding tert-OH is 1. The average molecular weight is 528 g/mol. The first-order valence-electron chi connectivity index (χ1n) is 13.4. The third-order valence-corrected chi connectivity index (χ3v) is 7.89. The zero-order valence-electron chi connectivity index (χ0n) is 21.9. The highest BCUT2D eigenvalue weighted by molar-refractivity contribution is 7.82. The second-order valence-corrected chi connectivity index (χ2v) is 10.8. The number of hydrogen-bond acceptors (Lipinski definition) is 6. The maximum atomic E-state index is 12.7. The van der Waals surface area contributed by atoms with E-state index < -0.39 is 12.1 Å². The summed E-state index contributed by atoms with van der Waals surface area (Å²) in [7, 11) is 0. The lowest BCUT2D eigenvalue weighted by molar-refractivity contribution is -0.138. The highest BCUT2D eigenvalue weighted by Crippen LogP contribution is 2.45. The Kier molecular flexibility index (Phi) is 7.89. The van der Waals surface area contributed by atoms with Gasteiger partial charge in [-0.3, -0.25) is 4.98 Å². The van der Waals surface area contributed by atoms with Gasteiger partial charge in [-0.1, -0.05) is 81.7 Å². The Bertz CT molecular complexity index is 1340. The second kappa shape index (κ2) is 11.5. The smallest absolute Gasteiger partial charge is 0.353 e. The summed E-state index contributed by atoms with van der Waals surface area (Å²) in [5.74, 6) is 0.563. The zero-order valence-corrected chi connectivity index (χ0v) is 22.7. The van der Waals surface area contributed by atoms with Crippen molar-refractivity contribution in [1.29, 1.82) is 0 Å². The van der Waals surface area contributed by atoms with Gasteiger partial charge in [0.15, 0.2) is 11.0 Å². The van der Waals surface area contributed by atoms with Crippen LogP contribution >= 0.6 is 12.2 Å². The van der Waals surface area contributed by atoms with Gasteiger partial charge >= 0.3 is 5.97 Å². The quantitative estimate of drug-likeness (QED) is 0.250. The van der Waals surface area contributed by atoms with Crippen molar-refractivity contribution in [3.63, 3.8) is 0 Å². The van der Waals surface area contributed by atoms with E-state index in [2.05, 4.69) is 37.0 Å². The number of nitrogens with zero attached hydrogens (tertiary/aromatic N) is 1. The Balaban J connectivity index is 1.52. The number of thiocarbonyl (C=S) groups is 1. The van der Waals surface area contributed by atoms with Crippen molar-refractivity contribution in [1.82, 2.24) is 4.98 Å². The molecule has 0 amide bonds. The molecule has 0 radical (unpaired) electrons. The summed E-state index contributed by atoms with van der Waals surface area (Å²) in [5, 5.41) is 11.3. The van der Waals surface area contributed by atoms with Gasteiger partial charge in [-0.25, -0.2) is 4.79 Å². The molecule has 1 saturated carbocycles. The molecule has 0 bridgehead atoms. The molecule has 2 aromatic carbocycles. The summed E-state index contributed by atoms with van der Waals surface area (Å²) < 4.78 is 11.8. The standard InChI is InChI=1S/C32H33NO4S/c1-20(2)24-12-15-26(22-8-4-3-5-9-22)27(17-24)28-29(34)31(38)32(35)37-30(28)23-10-13-25(14-11-23)36-19-21-7-6-16-33-18-21/h6-7,10-18,20,22,30,34H,3-5,8-9,19H2,1-2H3.